The molecule has 4 amide bonds. The Balaban J connectivity index is 1.45. The first-order valence-corrected chi connectivity index (χ1v) is 16.2. The molecule has 47 heavy (non-hydrogen) atoms. The summed E-state index contributed by atoms with van der Waals surface area (Å²) in [6, 6.07) is 8.35. The summed E-state index contributed by atoms with van der Waals surface area (Å²) in [6.07, 6.45) is 2.97. The van der Waals surface area contributed by atoms with Gasteiger partial charge < -0.3 is 30.3 Å². The summed E-state index contributed by atoms with van der Waals surface area (Å²) >= 11 is 1.25. The van der Waals surface area contributed by atoms with Gasteiger partial charge in [-0.2, -0.15) is 0 Å². The number of oxazole rings is 1. The minimum atomic E-state index is -0.670. The number of aromatic amines is 1. The highest BCUT2D eigenvalue weighted by Gasteiger charge is 2.29. The monoisotopic (exact) mass is 660 g/mol. The van der Waals surface area contributed by atoms with Gasteiger partial charge in [0, 0.05) is 44.1 Å². The van der Waals surface area contributed by atoms with Crippen molar-refractivity contribution in [1.82, 2.24) is 40.8 Å². The highest BCUT2D eigenvalue weighted by atomic mass is 32.1. The molecular formula is C32H36N8O6S. The Bertz CT molecular complexity index is 1780. The summed E-state index contributed by atoms with van der Waals surface area (Å²) < 4.78 is 5.97. The van der Waals surface area contributed by atoms with E-state index in [0.717, 1.165) is 11.8 Å². The highest BCUT2D eigenvalue weighted by Crippen LogP contribution is 2.27. The minimum Gasteiger partial charge on any atom is -0.443 e. The molecule has 14 nitrogen and oxygen atoms in total. The molecule has 5 rings (SSSR count). The summed E-state index contributed by atoms with van der Waals surface area (Å²) in [5.41, 5.74) is 0.781. The molecule has 1 aromatic carbocycles. The Morgan fingerprint density at radius 3 is 2.57 bits per heavy atom. The molecule has 4 heterocycles. The SMILES string of the molecule is Cc1oc2nc1C(=O)N[C@@H](C(C)C)c1nc(cs1)C(=O)NCCN(C(=O)c1c[nH]c(=O)cn1)CCCC(=O)N[C@H]2Cc1ccccc1. The third kappa shape index (κ3) is 8.35. The molecule has 0 unspecified atom stereocenters. The predicted molar refractivity (Wildman–Crippen MR) is 172 cm³/mol. The standard InChI is InChI=1S/C32H36N8O6S/c1-18(2)26-31-37-23(17-47-31)28(43)33-11-13-40(32(45)22-15-35-25(42)16-34-22)12-7-10-24(41)36-21(14-20-8-5-4-6-9-20)30-39-27(19(3)46-30)29(44)38-26/h4-6,8-9,15-18,21,26H,7,10-14H2,1-3H3,(H,33,43)(H,35,42)(H,36,41)(H,38,44)/t21-,26-/m0/s1. The fraction of sp³-hybridized carbons (Fsp3) is 0.375. The van der Waals surface area contributed by atoms with Crippen LogP contribution in [0, 0.1) is 12.8 Å². The third-order valence-corrected chi connectivity index (χ3v) is 8.52. The fourth-order valence-electron chi connectivity index (χ4n) is 5.11. The molecule has 0 spiro atoms. The van der Waals surface area contributed by atoms with Gasteiger partial charge in [0.25, 0.3) is 23.3 Å². The van der Waals surface area contributed by atoms with Crippen LogP contribution in [0.3, 0.4) is 0 Å². The third-order valence-electron chi connectivity index (χ3n) is 7.60. The van der Waals surface area contributed by atoms with Crippen molar-refractivity contribution >= 4 is 35.0 Å². The number of nitrogens with one attached hydrogen (secondary N) is 4. The van der Waals surface area contributed by atoms with Gasteiger partial charge in [0.05, 0.1) is 12.2 Å². The molecule has 1 aliphatic rings. The van der Waals surface area contributed by atoms with E-state index in [0.29, 0.717) is 17.2 Å². The lowest BCUT2D eigenvalue weighted by atomic mass is 10.0. The van der Waals surface area contributed by atoms with Gasteiger partial charge in [0.1, 0.15) is 28.2 Å². The van der Waals surface area contributed by atoms with Crippen LogP contribution in [-0.4, -0.2) is 68.1 Å². The van der Waals surface area contributed by atoms with Crippen molar-refractivity contribution in [3.8, 4) is 0 Å². The topological polar surface area (TPSA) is 192 Å². The van der Waals surface area contributed by atoms with E-state index in [2.05, 4.69) is 35.9 Å². The highest BCUT2D eigenvalue weighted by molar-refractivity contribution is 7.09. The molecule has 0 saturated heterocycles. The predicted octanol–water partition coefficient (Wildman–Crippen LogP) is 2.72. The summed E-state index contributed by atoms with van der Waals surface area (Å²) in [5.74, 6) is -1.25. The molecule has 0 saturated carbocycles. The quantitative estimate of drug-likeness (QED) is 0.255. The zero-order valence-electron chi connectivity index (χ0n) is 26.2. The van der Waals surface area contributed by atoms with Crippen LogP contribution in [0.1, 0.15) is 92.5 Å². The van der Waals surface area contributed by atoms with E-state index < -0.39 is 35.4 Å². The molecule has 4 bridgehead atoms. The van der Waals surface area contributed by atoms with Crippen LogP contribution in [0.15, 0.2) is 57.3 Å². The van der Waals surface area contributed by atoms with Crippen LogP contribution in [0.5, 0.6) is 0 Å². The second-order valence-electron chi connectivity index (χ2n) is 11.5. The van der Waals surface area contributed by atoms with Crippen LogP contribution in [-0.2, 0) is 11.2 Å². The number of hydrogen-bond acceptors (Lipinski definition) is 10. The lowest BCUT2D eigenvalue weighted by Crippen LogP contribution is -2.40. The van der Waals surface area contributed by atoms with E-state index in [4.69, 9.17) is 4.42 Å². The molecule has 3 aromatic heterocycles. The molecule has 0 radical (unpaired) electrons. The molecule has 0 aliphatic carbocycles. The van der Waals surface area contributed by atoms with Gasteiger partial charge in [-0.15, -0.1) is 11.3 Å². The lowest BCUT2D eigenvalue weighted by Gasteiger charge is -2.23. The Morgan fingerprint density at radius 1 is 1.06 bits per heavy atom. The van der Waals surface area contributed by atoms with Gasteiger partial charge >= 0.3 is 0 Å². The van der Waals surface area contributed by atoms with Gasteiger partial charge in [-0.25, -0.2) is 15.0 Å². The van der Waals surface area contributed by atoms with Gasteiger partial charge in [-0.3, -0.25) is 24.0 Å². The molecule has 1 aliphatic heterocycles. The average Bonchev–Trinajstić information content (AvgIpc) is 3.70. The fourth-order valence-corrected chi connectivity index (χ4v) is 6.13. The number of nitrogens with zero attached hydrogens (tertiary/aromatic N) is 4. The number of aromatic nitrogens is 4. The van der Waals surface area contributed by atoms with E-state index in [1.165, 1.54) is 22.4 Å². The van der Waals surface area contributed by atoms with Crippen molar-refractivity contribution in [1.29, 1.82) is 0 Å². The molecule has 4 N–H and O–H groups in total. The van der Waals surface area contributed by atoms with E-state index in [-0.39, 0.29) is 67.3 Å². The molecule has 4 aromatic rings. The number of hydrogen-bond donors (Lipinski definition) is 4. The number of fused-ring (bicyclic) bond motifs is 4. The maximum atomic E-state index is 13.5. The number of aryl methyl sites for hydroxylation is 1. The second-order valence-corrected chi connectivity index (χ2v) is 12.4. The molecule has 2 atom stereocenters. The number of rotatable bonds is 4. The summed E-state index contributed by atoms with van der Waals surface area (Å²) in [6.45, 7) is 5.89. The Morgan fingerprint density at radius 2 is 1.85 bits per heavy atom. The summed E-state index contributed by atoms with van der Waals surface area (Å²) in [4.78, 5) is 81.4. The largest absolute Gasteiger partial charge is 0.443 e. The van der Waals surface area contributed by atoms with Crippen LogP contribution >= 0.6 is 11.3 Å². The maximum absolute atomic E-state index is 13.5. The zero-order chi connectivity index (χ0) is 33.5. The van der Waals surface area contributed by atoms with Gasteiger partial charge in [0.2, 0.25) is 11.8 Å². The smallest absolute Gasteiger partial charge is 0.274 e. The molecule has 246 valence electrons. The minimum absolute atomic E-state index is 0.0266. The van der Waals surface area contributed by atoms with Crippen molar-refractivity contribution in [2.75, 3.05) is 19.6 Å². The normalized spacial score (nSPS) is 18.3. The number of carbonyl (C=O) groups excluding carboxylic acids is 4. The number of carbonyl (C=O) groups is 4. The number of thiazole rings is 1. The van der Waals surface area contributed by atoms with E-state index in [1.54, 1.807) is 12.3 Å². The number of amides is 4. The second kappa shape index (κ2) is 14.9. The molecular weight excluding hydrogens is 624 g/mol. The number of benzene rings is 1. The van der Waals surface area contributed by atoms with Crippen LogP contribution < -0.4 is 21.5 Å². The van der Waals surface area contributed by atoms with Crippen LogP contribution in [0.4, 0.5) is 0 Å². The van der Waals surface area contributed by atoms with Gasteiger partial charge in [-0.1, -0.05) is 44.2 Å². The van der Waals surface area contributed by atoms with Gasteiger partial charge in [0.15, 0.2) is 5.69 Å². The van der Waals surface area contributed by atoms with Crippen molar-refractivity contribution in [2.24, 2.45) is 5.92 Å². The van der Waals surface area contributed by atoms with Crippen molar-refractivity contribution in [2.45, 2.75) is 52.1 Å². The van der Waals surface area contributed by atoms with E-state index >= 15 is 0 Å². The summed E-state index contributed by atoms with van der Waals surface area (Å²) in [7, 11) is 0. The Labute approximate surface area is 274 Å². The lowest BCUT2D eigenvalue weighted by molar-refractivity contribution is -0.122. The first-order valence-electron chi connectivity index (χ1n) is 15.3. The first-order chi connectivity index (χ1) is 22.6. The van der Waals surface area contributed by atoms with Crippen LogP contribution in [0.2, 0.25) is 0 Å². The van der Waals surface area contributed by atoms with Crippen molar-refractivity contribution in [3.05, 3.63) is 97.8 Å². The van der Waals surface area contributed by atoms with Crippen molar-refractivity contribution < 1.29 is 23.6 Å². The van der Waals surface area contributed by atoms with Gasteiger partial charge in [-0.05, 0) is 24.8 Å². The van der Waals surface area contributed by atoms with E-state index in [9.17, 15) is 24.0 Å². The molecule has 0 fully saturated rings. The number of H-pyrrole nitrogens is 1. The Hall–Kier alpha value is -5.18. The summed E-state index contributed by atoms with van der Waals surface area (Å²) in [5, 5.41) is 10.9. The zero-order valence-corrected chi connectivity index (χ0v) is 27.1. The first kappa shape index (κ1) is 33.2. The van der Waals surface area contributed by atoms with Crippen molar-refractivity contribution in [3.63, 3.8) is 0 Å². The van der Waals surface area contributed by atoms with E-state index in [1.807, 2.05) is 44.2 Å². The average molecular weight is 661 g/mol. The molecule has 15 heteroatoms. The Kier molecular flexibility index (Phi) is 10.6. The van der Waals surface area contributed by atoms with Crippen LogP contribution in [0.25, 0.3) is 0 Å². The maximum Gasteiger partial charge on any atom is 0.274 e.